The van der Waals surface area contributed by atoms with E-state index in [0.29, 0.717) is 12.3 Å². The largest absolute Gasteiger partial charge is 0.351 e. The fraction of sp³-hybridized carbons (Fsp3) is 0.235. The van der Waals surface area contributed by atoms with Gasteiger partial charge in [-0.3, -0.25) is 4.79 Å². The van der Waals surface area contributed by atoms with Gasteiger partial charge >= 0.3 is 0 Å². The van der Waals surface area contributed by atoms with Crippen LogP contribution in [0.2, 0.25) is 0 Å². The van der Waals surface area contributed by atoms with Crippen LogP contribution in [-0.2, 0) is 26.9 Å². The van der Waals surface area contributed by atoms with Crippen molar-refractivity contribution in [2.24, 2.45) is 0 Å². The summed E-state index contributed by atoms with van der Waals surface area (Å²) in [7, 11) is -3.18. The highest BCUT2D eigenvalue weighted by atomic mass is 32.2. The first kappa shape index (κ1) is 17.6. The Hall–Kier alpha value is -1.79. The van der Waals surface area contributed by atoms with E-state index in [-0.39, 0.29) is 10.8 Å². The smallest absolute Gasteiger partial charge is 0.230 e. The molecule has 1 amide bonds. The van der Waals surface area contributed by atoms with Gasteiger partial charge in [-0.05, 0) is 23.3 Å². The molecule has 0 saturated carbocycles. The van der Waals surface area contributed by atoms with Crippen molar-refractivity contribution in [3.63, 3.8) is 0 Å². The molecule has 0 unspecified atom stereocenters. The van der Waals surface area contributed by atoms with Gasteiger partial charge in [0.05, 0.1) is 10.6 Å². The third-order valence-corrected chi connectivity index (χ3v) is 5.32. The number of thioether (sulfide) groups is 1. The Bertz CT molecular complexity index is 741. The van der Waals surface area contributed by atoms with Gasteiger partial charge in [0.15, 0.2) is 9.84 Å². The number of carbonyl (C=O) groups excluding carboxylic acids is 1. The third kappa shape index (κ3) is 6.08. The summed E-state index contributed by atoms with van der Waals surface area (Å²) in [6, 6.07) is 16.5. The molecule has 6 heteroatoms. The Morgan fingerprint density at radius 3 is 2.26 bits per heavy atom. The van der Waals surface area contributed by atoms with Crippen LogP contribution in [0.5, 0.6) is 0 Å². The average molecular weight is 349 g/mol. The summed E-state index contributed by atoms with van der Waals surface area (Å²) in [5, 5.41) is 2.83. The van der Waals surface area contributed by atoms with E-state index >= 15 is 0 Å². The number of amides is 1. The zero-order chi connectivity index (χ0) is 16.7. The average Bonchev–Trinajstić information content (AvgIpc) is 2.53. The van der Waals surface area contributed by atoms with E-state index in [1.165, 1.54) is 11.8 Å². The third-order valence-electron chi connectivity index (χ3n) is 3.19. The molecule has 122 valence electrons. The molecule has 0 heterocycles. The lowest BCUT2D eigenvalue weighted by atomic mass is 10.2. The van der Waals surface area contributed by atoms with Crippen LogP contribution >= 0.6 is 11.8 Å². The van der Waals surface area contributed by atoms with Crippen LogP contribution in [0.15, 0.2) is 59.5 Å². The second-order valence-corrected chi connectivity index (χ2v) is 8.17. The van der Waals surface area contributed by atoms with Crippen LogP contribution in [0.25, 0.3) is 0 Å². The van der Waals surface area contributed by atoms with E-state index in [0.717, 1.165) is 11.3 Å². The van der Waals surface area contributed by atoms with Gasteiger partial charge in [0.1, 0.15) is 0 Å². The lowest BCUT2D eigenvalue weighted by Crippen LogP contribution is -2.24. The molecule has 0 aromatic heterocycles. The van der Waals surface area contributed by atoms with Gasteiger partial charge in [0, 0.05) is 18.6 Å². The van der Waals surface area contributed by atoms with Crippen LogP contribution in [0.3, 0.4) is 0 Å². The monoisotopic (exact) mass is 349 g/mol. The van der Waals surface area contributed by atoms with E-state index in [2.05, 4.69) is 5.32 Å². The van der Waals surface area contributed by atoms with E-state index in [1.54, 1.807) is 36.0 Å². The van der Waals surface area contributed by atoms with Crippen LogP contribution in [-0.4, -0.2) is 26.3 Å². The first-order valence-electron chi connectivity index (χ1n) is 7.12. The quantitative estimate of drug-likeness (QED) is 0.835. The number of rotatable bonds is 7. The summed E-state index contributed by atoms with van der Waals surface area (Å²) < 4.78 is 22.7. The predicted octanol–water partition coefficient (Wildman–Crippen LogP) is 2.64. The molecule has 2 aromatic rings. The van der Waals surface area contributed by atoms with Crippen molar-refractivity contribution >= 4 is 27.5 Å². The zero-order valence-corrected chi connectivity index (χ0v) is 14.5. The second kappa shape index (κ2) is 8.17. The van der Waals surface area contributed by atoms with Gasteiger partial charge in [-0.15, -0.1) is 11.8 Å². The van der Waals surface area contributed by atoms with Crippen molar-refractivity contribution in [2.45, 2.75) is 17.2 Å². The Kier molecular flexibility index (Phi) is 6.24. The molecule has 0 aliphatic carbocycles. The Balaban J connectivity index is 1.74. The van der Waals surface area contributed by atoms with Crippen molar-refractivity contribution in [1.29, 1.82) is 0 Å². The maximum atomic E-state index is 11.8. The van der Waals surface area contributed by atoms with Gasteiger partial charge in [-0.25, -0.2) is 8.42 Å². The van der Waals surface area contributed by atoms with Crippen molar-refractivity contribution in [3.05, 3.63) is 65.7 Å². The van der Waals surface area contributed by atoms with Crippen molar-refractivity contribution in [3.8, 4) is 0 Å². The SMILES string of the molecule is CS(=O)(=O)c1ccc(CNC(=O)CSCc2ccccc2)cc1. The molecule has 0 spiro atoms. The standard InChI is InChI=1S/C17H19NO3S2/c1-23(20,21)16-9-7-14(8-10-16)11-18-17(19)13-22-12-15-5-3-2-4-6-15/h2-10H,11-13H2,1H3,(H,18,19). The van der Waals surface area contributed by atoms with E-state index in [4.69, 9.17) is 0 Å². The molecule has 0 aliphatic rings. The molecule has 0 radical (unpaired) electrons. The predicted molar refractivity (Wildman–Crippen MR) is 94.0 cm³/mol. The van der Waals surface area contributed by atoms with Gasteiger partial charge in [0.2, 0.25) is 5.91 Å². The molecule has 2 aromatic carbocycles. The molecular formula is C17H19NO3S2. The summed E-state index contributed by atoms with van der Waals surface area (Å²) in [5.41, 5.74) is 2.07. The summed E-state index contributed by atoms with van der Waals surface area (Å²) in [5.74, 6) is 1.17. The first-order chi connectivity index (χ1) is 10.9. The lowest BCUT2D eigenvalue weighted by molar-refractivity contribution is -0.118. The number of carbonyl (C=O) groups is 1. The molecule has 2 rings (SSSR count). The van der Waals surface area contributed by atoms with Gasteiger partial charge < -0.3 is 5.32 Å². The highest BCUT2D eigenvalue weighted by Gasteiger charge is 2.07. The Morgan fingerprint density at radius 1 is 1.00 bits per heavy atom. The number of nitrogens with one attached hydrogen (secondary N) is 1. The summed E-state index contributed by atoms with van der Waals surface area (Å²) in [6.45, 7) is 0.398. The number of hydrogen-bond acceptors (Lipinski definition) is 4. The van der Waals surface area contributed by atoms with E-state index in [9.17, 15) is 13.2 Å². The number of hydrogen-bond donors (Lipinski definition) is 1. The molecule has 4 nitrogen and oxygen atoms in total. The molecule has 0 fully saturated rings. The van der Waals surface area contributed by atoms with Crippen molar-refractivity contribution in [1.82, 2.24) is 5.32 Å². The highest BCUT2D eigenvalue weighted by molar-refractivity contribution is 7.99. The maximum absolute atomic E-state index is 11.8. The lowest BCUT2D eigenvalue weighted by Gasteiger charge is -2.06. The molecule has 0 bridgehead atoms. The van der Waals surface area contributed by atoms with E-state index in [1.807, 2.05) is 30.3 Å². The van der Waals surface area contributed by atoms with Crippen LogP contribution in [0, 0.1) is 0 Å². The van der Waals surface area contributed by atoms with E-state index < -0.39 is 9.84 Å². The summed E-state index contributed by atoms with van der Waals surface area (Å²) in [6.07, 6.45) is 1.17. The van der Waals surface area contributed by atoms with Crippen LogP contribution in [0.1, 0.15) is 11.1 Å². The fourth-order valence-corrected chi connectivity index (χ4v) is 3.39. The van der Waals surface area contributed by atoms with Gasteiger partial charge in [0.25, 0.3) is 0 Å². The zero-order valence-electron chi connectivity index (χ0n) is 12.9. The molecule has 0 aliphatic heterocycles. The molecule has 23 heavy (non-hydrogen) atoms. The van der Waals surface area contributed by atoms with Crippen LogP contribution in [0.4, 0.5) is 0 Å². The minimum atomic E-state index is -3.18. The minimum absolute atomic E-state index is 0.0295. The number of benzene rings is 2. The Morgan fingerprint density at radius 2 is 1.65 bits per heavy atom. The molecular weight excluding hydrogens is 330 g/mol. The number of sulfone groups is 1. The van der Waals surface area contributed by atoms with Gasteiger partial charge in [-0.1, -0.05) is 42.5 Å². The topological polar surface area (TPSA) is 63.2 Å². The van der Waals surface area contributed by atoms with Gasteiger partial charge in [-0.2, -0.15) is 0 Å². The molecule has 1 N–H and O–H groups in total. The molecule has 0 saturated heterocycles. The maximum Gasteiger partial charge on any atom is 0.230 e. The first-order valence-corrected chi connectivity index (χ1v) is 10.2. The van der Waals surface area contributed by atoms with Crippen molar-refractivity contribution < 1.29 is 13.2 Å². The molecule has 0 atom stereocenters. The second-order valence-electron chi connectivity index (χ2n) is 5.17. The minimum Gasteiger partial charge on any atom is -0.351 e. The summed E-state index contributed by atoms with van der Waals surface area (Å²) in [4.78, 5) is 12.1. The summed E-state index contributed by atoms with van der Waals surface area (Å²) >= 11 is 1.56. The van der Waals surface area contributed by atoms with Crippen LogP contribution < -0.4 is 5.32 Å². The Labute approximate surface area is 141 Å². The highest BCUT2D eigenvalue weighted by Crippen LogP contribution is 2.12. The fourth-order valence-electron chi connectivity index (χ4n) is 1.94. The normalized spacial score (nSPS) is 11.2. The van der Waals surface area contributed by atoms with Crippen molar-refractivity contribution in [2.75, 3.05) is 12.0 Å².